The zero-order chi connectivity index (χ0) is 32.4. The second-order valence-electron chi connectivity index (χ2n) is 11.0. The third kappa shape index (κ3) is 9.83. The SMILES string of the molecule is CN(C)CCCC#Cc1cccc(C(=O)Nc2ccc(N3CCCCC3)cc2C(=O)N/N=C/c2ccc(Cl)c(C(F)(F)F)c2)c1. The Hall–Kier alpha value is -4.33. The summed E-state index contributed by atoms with van der Waals surface area (Å²) in [6, 6.07) is 15.5. The number of carbonyl (C=O) groups is 2. The molecule has 3 aromatic rings. The number of hydrogen-bond acceptors (Lipinski definition) is 5. The first-order valence-electron chi connectivity index (χ1n) is 14.7. The van der Waals surface area contributed by atoms with E-state index in [9.17, 15) is 22.8 Å². The van der Waals surface area contributed by atoms with E-state index in [1.165, 1.54) is 6.07 Å². The van der Waals surface area contributed by atoms with Gasteiger partial charge >= 0.3 is 6.18 Å². The Labute approximate surface area is 266 Å². The molecule has 0 saturated carbocycles. The number of hydrogen-bond donors (Lipinski definition) is 2. The highest BCUT2D eigenvalue weighted by atomic mass is 35.5. The number of alkyl halides is 3. The normalized spacial score (nSPS) is 13.4. The van der Waals surface area contributed by atoms with Gasteiger partial charge in [-0.2, -0.15) is 18.3 Å². The van der Waals surface area contributed by atoms with Crippen LogP contribution in [0, 0.1) is 11.8 Å². The van der Waals surface area contributed by atoms with Gasteiger partial charge in [-0.25, -0.2) is 5.43 Å². The van der Waals surface area contributed by atoms with Crippen molar-refractivity contribution in [3.8, 4) is 11.8 Å². The van der Waals surface area contributed by atoms with Gasteiger partial charge in [0.05, 0.1) is 28.1 Å². The lowest BCUT2D eigenvalue weighted by Gasteiger charge is -2.29. The van der Waals surface area contributed by atoms with Crippen molar-refractivity contribution < 1.29 is 22.8 Å². The standard InChI is InChI=1S/C34H35ClF3N5O2/c1-42(2)17-6-3-5-10-24-11-9-12-26(20-24)32(44)40-31-16-14-27(43-18-7-4-8-19-43)22-28(31)33(45)41-39-23-25-13-15-30(35)29(21-25)34(36,37)38/h9,11-16,20-23H,3-4,6-8,17-19H2,1-2H3,(H,40,44)(H,41,45)/b39-23+. The van der Waals surface area contributed by atoms with Crippen molar-refractivity contribution in [1.29, 1.82) is 0 Å². The fraction of sp³-hybridized carbons (Fsp3) is 0.324. The molecule has 0 unspecified atom stereocenters. The molecule has 0 radical (unpaired) electrons. The summed E-state index contributed by atoms with van der Waals surface area (Å²) in [6.07, 6.45) is 1.33. The third-order valence-corrected chi connectivity index (χ3v) is 7.49. The Morgan fingerprint density at radius 2 is 1.80 bits per heavy atom. The maximum atomic E-state index is 13.3. The van der Waals surface area contributed by atoms with Gasteiger partial charge in [-0.15, -0.1) is 0 Å². The minimum Gasteiger partial charge on any atom is -0.372 e. The number of halogens is 4. The second-order valence-corrected chi connectivity index (χ2v) is 11.4. The first-order valence-corrected chi connectivity index (χ1v) is 15.0. The highest BCUT2D eigenvalue weighted by Crippen LogP contribution is 2.35. The number of nitrogens with one attached hydrogen (secondary N) is 2. The van der Waals surface area contributed by atoms with Crippen molar-refractivity contribution in [3.63, 3.8) is 0 Å². The van der Waals surface area contributed by atoms with E-state index in [1.54, 1.807) is 30.3 Å². The monoisotopic (exact) mass is 637 g/mol. The highest BCUT2D eigenvalue weighted by molar-refractivity contribution is 6.31. The van der Waals surface area contributed by atoms with Crippen LogP contribution in [0.4, 0.5) is 24.5 Å². The molecule has 4 rings (SSSR count). The van der Waals surface area contributed by atoms with Crippen molar-refractivity contribution in [2.24, 2.45) is 5.10 Å². The van der Waals surface area contributed by atoms with E-state index in [1.807, 2.05) is 26.2 Å². The number of rotatable bonds is 9. The molecule has 7 nitrogen and oxygen atoms in total. The van der Waals surface area contributed by atoms with Gasteiger partial charge in [-0.3, -0.25) is 9.59 Å². The smallest absolute Gasteiger partial charge is 0.372 e. The lowest BCUT2D eigenvalue weighted by Crippen LogP contribution is -2.30. The second kappa shape index (κ2) is 15.6. The van der Waals surface area contributed by atoms with Gasteiger partial charge in [0.15, 0.2) is 0 Å². The van der Waals surface area contributed by atoms with E-state index < -0.39 is 28.6 Å². The molecule has 1 heterocycles. The topological polar surface area (TPSA) is 77.0 Å². The van der Waals surface area contributed by atoms with E-state index in [4.69, 9.17) is 11.6 Å². The molecule has 0 spiro atoms. The Morgan fingerprint density at radius 1 is 1.02 bits per heavy atom. The first-order chi connectivity index (χ1) is 21.5. The van der Waals surface area contributed by atoms with Crippen LogP contribution in [-0.2, 0) is 6.18 Å². The molecule has 1 aliphatic rings. The van der Waals surface area contributed by atoms with Gasteiger partial charge in [-0.05, 0) is 100 Å². The first kappa shape index (κ1) is 33.6. The summed E-state index contributed by atoms with van der Waals surface area (Å²) in [6.45, 7) is 2.62. The number of amides is 2. The van der Waals surface area contributed by atoms with Crippen LogP contribution in [-0.4, -0.2) is 56.7 Å². The largest absolute Gasteiger partial charge is 0.417 e. The van der Waals surface area contributed by atoms with Crippen molar-refractivity contribution >= 4 is 41.0 Å². The predicted octanol–water partition coefficient (Wildman–Crippen LogP) is 7.06. The van der Waals surface area contributed by atoms with Crippen molar-refractivity contribution in [3.05, 3.63) is 93.5 Å². The molecule has 2 N–H and O–H groups in total. The van der Waals surface area contributed by atoms with Crippen molar-refractivity contribution in [1.82, 2.24) is 10.3 Å². The molecule has 0 bridgehead atoms. The Balaban J connectivity index is 1.53. The van der Waals surface area contributed by atoms with Gasteiger partial charge in [0.1, 0.15) is 0 Å². The maximum Gasteiger partial charge on any atom is 0.417 e. The average Bonchev–Trinajstić information content (AvgIpc) is 3.01. The lowest BCUT2D eigenvalue weighted by molar-refractivity contribution is -0.137. The Morgan fingerprint density at radius 3 is 2.53 bits per heavy atom. The number of benzene rings is 3. The third-order valence-electron chi connectivity index (χ3n) is 7.16. The van der Waals surface area contributed by atoms with Crippen molar-refractivity contribution in [2.75, 3.05) is 43.9 Å². The van der Waals surface area contributed by atoms with Crippen LogP contribution >= 0.6 is 11.6 Å². The molecule has 0 aliphatic carbocycles. The summed E-state index contributed by atoms with van der Waals surface area (Å²) in [4.78, 5) is 30.9. The molecular formula is C34H35ClF3N5O2. The van der Waals surface area contributed by atoms with Crippen LogP contribution in [0.2, 0.25) is 5.02 Å². The summed E-state index contributed by atoms with van der Waals surface area (Å²) < 4.78 is 39.7. The molecular weight excluding hydrogens is 603 g/mol. The number of unbranched alkanes of at least 4 members (excludes halogenated alkanes) is 1. The molecule has 0 atom stereocenters. The van der Waals surface area contributed by atoms with Crippen LogP contribution in [0.15, 0.2) is 65.8 Å². The number of carbonyl (C=O) groups excluding carboxylic acids is 2. The zero-order valence-corrected chi connectivity index (χ0v) is 25.9. The van der Waals surface area contributed by atoms with Crippen LogP contribution in [0.5, 0.6) is 0 Å². The van der Waals surface area contributed by atoms with E-state index >= 15 is 0 Å². The molecule has 3 aromatic carbocycles. The Bertz CT molecular complexity index is 1610. The summed E-state index contributed by atoms with van der Waals surface area (Å²) in [5.41, 5.74) is 3.80. The minimum absolute atomic E-state index is 0.100. The minimum atomic E-state index is -4.63. The predicted molar refractivity (Wildman–Crippen MR) is 173 cm³/mol. The Kier molecular flexibility index (Phi) is 11.6. The fourth-order valence-electron chi connectivity index (χ4n) is 4.82. The average molecular weight is 638 g/mol. The molecule has 1 fully saturated rings. The number of anilines is 2. The summed E-state index contributed by atoms with van der Waals surface area (Å²) in [7, 11) is 4.02. The molecule has 11 heteroatoms. The van der Waals surface area contributed by atoms with Gasteiger partial charge in [0.2, 0.25) is 0 Å². The molecule has 2 amide bonds. The fourth-order valence-corrected chi connectivity index (χ4v) is 5.05. The molecule has 45 heavy (non-hydrogen) atoms. The number of hydrazone groups is 1. The number of piperidine rings is 1. The molecule has 0 aromatic heterocycles. The molecule has 1 aliphatic heterocycles. The van der Waals surface area contributed by atoms with Crippen LogP contribution in [0.25, 0.3) is 0 Å². The van der Waals surface area contributed by atoms with Gasteiger partial charge in [-0.1, -0.05) is 35.6 Å². The molecule has 236 valence electrons. The summed E-state index contributed by atoms with van der Waals surface area (Å²) in [5.74, 6) is 5.18. The van der Waals surface area contributed by atoms with Gasteiger partial charge in [0, 0.05) is 36.3 Å². The van der Waals surface area contributed by atoms with Crippen molar-refractivity contribution in [2.45, 2.75) is 38.3 Å². The van der Waals surface area contributed by atoms with E-state index in [0.717, 1.165) is 75.8 Å². The van der Waals surface area contributed by atoms with Crippen LogP contribution in [0.3, 0.4) is 0 Å². The number of nitrogens with zero attached hydrogens (tertiary/aromatic N) is 3. The van der Waals surface area contributed by atoms with E-state index in [0.29, 0.717) is 11.1 Å². The van der Waals surface area contributed by atoms with E-state index in [2.05, 4.69) is 37.5 Å². The van der Waals surface area contributed by atoms with Gasteiger partial charge < -0.3 is 15.1 Å². The quantitative estimate of drug-likeness (QED) is 0.114. The lowest BCUT2D eigenvalue weighted by atomic mass is 10.1. The van der Waals surface area contributed by atoms with Crippen LogP contribution in [0.1, 0.15) is 69.5 Å². The highest BCUT2D eigenvalue weighted by Gasteiger charge is 2.33. The molecule has 1 saturated heterocycles. The maximum absolute atomic E-state index is 13.3. The van der Waals surface area contributed by atoms with Gasteiger partial charge in [0.25, 0.3) is 11.8 Å². The summed E-state index contributed by atoms with van der Waals surface area (Å²) >= 11 is 5.70. The zero-order valence-electron chi connectivity index (χ0n) is 25.2. The summed E-state index contributed by atoms with van der Waals surface area (Å²) in [5, 5.41) is 6.27. The van der Waals surface area contributed by atoms with Crippen LogP contribution < -0.4 is 15.6 Å². The van der Waals surface area contributed by atoms with E-state index in [-0.39, 0.29) is 16.8 Å².